The number of hydrogen-bond acceptors (Lipinski definition) is 4. The van der Waals surface area contributed by atoms with Crippen molar-refractivity contribution in [3.8, 4) is 11.5 Å². The van der Waals surface area contributed by atoms with Crippen LogP contribution in [-0.4, -0.2) is 31.2 Å². The van der Waals surface area contributed by atoms with E-state index in [4.69, 9.17) is 9.47 Å². The summed E-state index contributed by atoms with van der Waals surface area (Å²) in [5.74, 6) is 1.73. The zero-order chi connectivity index (χ0) is 21.1. The van der Waals surface area contributed by atoms with Gasteiger partial charge in [-0.25, -0.2) is 0 Å². The van der Waals surface area contributed by atoms with Gasteiger partial charge in [0.2, 0.25) is 0 Å². The Kier molecular flexibility index (Phi) is 8.90. The molecule has 0 aromatic heterocycles. The van der Waals surface area contributed by atoms with Crippen molar-refractivity contribution in [3.63, 3.8) is 0 Å². The van der Waals surface area contributed by atoms with E-state index >= 15 is 0 Å². The fourth-order valence-corrected chi connectivity index (χ4v) is 2.57. The van der Waals surface area contributed by atoms with Gasteiger partial charge in [0, 0.05) is 19.5 Å². The van der Waals surface area contributed by atoms with Crippen LogP contribution in [0.25, 0.3) is 6.08 Å². The Bertz CT molecular complexity index is 859. The van der Waals surface area contributed by atoms with E-state index in [1.807, 2.05) is 94.5 Å². The third kappa shape index (κ3) is 8.18. The molecule has 0 saturated carbocycles. The van der Waals surface area contributed by atoms with Crippen molar-refractivity contribution < 1.29 is 9.47 Å². The van der Waals surface area contributed by atoms with Gasteiger partial charge in [-0.05, 0) is 93.4 Å². The summed E-state index contributed by atoms with van der Waals surface area (Å²) in [6.45, 7) is 8.06. The molecule has 0 fully saturated rings. The van der Waals surface area contributed by atoms with Crippen molar-refractivity contribution in [2.45, 2.75) is 39.9 Å². The number of hydrogen-bond donors (Lipinski definition) is 0. The summed E-state index contributed by atoms with van der Waals surface area (Å²) < 4.78 is 11.3. The average Bonchev–Trinajstić information content (AvgIpc) is 2.69. The number of nitrogens with zero attached hydrogens (tertiary/aromatic N) is 2. The molecule has 2 rings (SSSR count). The van der Waals surface area contributed by atoms with Crippen LogP contribution >= 0.6 is 0 Å². The Hall–Kier alpha value is -3.14. The summed E-state index contributed by atoms with van der Waals surface area (Å²) >= 11 is 0. The van der Waals surface area contributed by atoms with Gasteiger partial charge in [-0.15, -0.1) is 0 Å². The standard InChI is InChI=1S/C25H30N2O2/c1-19(2)28-23-12-8-21(9-13-23)16-18-27-17-6-7-25(26-5)22-10-14-24(15-11-22)29-20(3)4/h6-20H,1-5H3/b7-6-,18-16+,26-25+,27-17+. The summed E-state index contributed by atoms with van der Waals surface area (Å²) in [6.07, 6.45) is 9.62. The molecule has 0 amide bonds. The third-order valence-corrected chi connectivity index (χ3v) is 3.79. The largest absolute Gasteiger partial charge is 0.491 e. The molecule has 0 aliphatic carbocycles. The van der Waals surface area contributed by atoms with E-state index in [1.165, 1.54) is 0 Å². The van der Waals surface area contributed by atoms with Gasteiger partial charge in [0.25, 0.3) is 0 Å². The fraction of sp³-hybridized carbons (Fsp3) is 0.280. The molecule has 0 bridgehead atoms. The highest BCUT2D eigenvalue weighted by Crippen LogP contribution is 2.15. The molecular formula is C25H30N2O2. The lowest BCUT2D eigenvalue weighted by Crippen LogP contribution is -2.05. The average molecular weight is 391 g/mol. The Morgan fingerprint density at radius 3 is 1.90 bits per heavy atom. The van der Waals surface area contributed by atoms with Crippen LogP contribution in [0.3, 0.4) is 0 Å². The van der Waals surface area contributed by atoms with Gasteiger partial charge in [-0.3, -0.25) is 9.98 Å². The molecule has 0 aliphatic heterocycles. The van der Waals surface area contributed by atoms with Crippen molar-refractivity contribution in [2.75, 3.05) is 7.05 Å². The van der Waals surface area contributed by atoms with Gasteiger partial charge in [-0.2, -0.15) is 0 Å². The molecule has 2 aromatic carbocycles. The first-order valence-corrected chi connectivity index (χ1v) is 9.85. The highest BCUT2D eigenvalue weighted by Gasteiger charge is 2.01. The highest BCUT2D eigenvalue weighted by atomic mass is 16.5. The SMILES string of the molecule is C\N=C(/C=C\C=N\C=C\c1ccc(OC(C)C)cc1)c1ccc(OC(C)C)cc1. The van der Waals surface area contributed by atoms with E-state index in [-0.39, 0.29) is 12.2 Å². The lowest BCUT2D eigenvalue weighted by Gasteiger charge is -2.10. The predicted octanol–water partition coefficient (Wildman–Crippen LogP) is 5.98. The number of ether oxygens (including phenoxy) is 2. The molecule has 0 unspecified atom stereocenters. The Labute approximate surface area is 174 Å². The number of rotatable bonds is 9. The zero-order valence-electron chi connectivity index (χ0n) is 17.9. The van der Waals surface area contributed by atoms with Crippen LogP contribution in [0, 0.1) is 0 Å². The Morgan fingerprint density at radius 2 is 1.38 bits per heavy atom. The van der Waals surface area contributed by atoms with Crippen LogP contribution in [0.4, 0.5) is 0 Å². The second-order valence-corrected chi connectivity index (χ2v) is 7.01. The van der Waals surface area contributed by atoms with E-state index < -0.39 is 0 Å². The van der Waals surface area contributed by atoms with Gasteiger partial charge in [0.1, 0.15) is 11.5 Å². The Balaban J connectivity index is 1.90. The quantitative estimate of drug-likeness (QED) is 0.495. The maximum absolute atomic E-state index is 5.67. The molecule has 152 valence electrons. The van der Waals surface area contributed by atoms with E-state index in [0.29, 0.717) is 0 Å². The molecule has 0 aliphatic rings. The van der Waals surface area contributed by atoms with Gasteiger partial charge in [-0.1, -0.05) is 12.1 Å². The molecule has 4 nitrogen and oxygen atoms in total. The molecule has 29 heavy (non-hydrogen) atoms. The summed E-state index contributed by atoms with van der Waals surface area (Å²) in [7, 11) is 1.78. The number of aliphatic imine (C=N–C) groups is 2. The van der Waals surface area contributed by atoms with Crippen molar-refractivity contribution in [2.24, 2.45) is 9.98 Å². The van der Waals surface area contributed by atoms with Crippen LogP contribution in [0.5, 0.6) is 11.5 Å². The van der Waals surface area contributed by atoms with Crippen molar-refractivity contribution in [1.29, 1.82) is 0 Å². The summed E-state index contributed by atoms with van der Waals surface area (Å²) in [5.41, 5.74) is 2.99. The van der Waals surface area contributed by atoms with E-state index in [1.54, 1.807) is 19.5 Å². The van der Waals surface area contributed by atoms with Gasteiger partial charge < -0.3 is 9.47 Å². The summed E-state index contributed by atoms with van der Waals surface area (Å²) in [5, 5.41) is 0. The summed E-state index contributed by atoms with van der Waals surface area (Å²) in [6, 6.07) is 15.9. The summed E-state index contributed by atoms with van der Waals surface area (Å²) in [4.78, 5) is 8.63. The van der Waals surface area contributed by atoms with Gasteiger partial charge in [0.15, 0.2) is 0 Å². The third-order valence-electron chi connectivity index (χ3n) is 3.79. The molecule has 0 N–H and O–H groups in total. The van der Waals surface area contributed by atoms with E-state index in [9.17, 15) is 0 Å². The first-order chi connectivity index (χ1) is 14.0. The van der Waals surface area contributed by atoms with Crippen molar-refractivity contribution >= 4 is 18.0 Å². The lowest BCUT2D eigenvalue weighted by atomic mass is 10.1. The maximum Gasteiger partial charge on any atom is 0.119 e. The molecule has 0 saturated heterocycles. The van der Waals surface area contributed by atoms with Crippen molar-refractivity contribution in [3.05, 3.63) is 78.0 Å². The second-order valence-electron chi connectivity index (χ2n) is 7.01. The zero-order valence-corrected chi connectivity index (χ0v) is 17.9. The van der Waals surface area contributed by atoms with Crippen LogP contribution in [-0.2, 0) is 0 Å². The molecule has 0 atom stereocenters. The minimum absolute atomic E-state index is 0.163. The molecular weight excluding hydrogens is 360 g/mol. The minimum Gasteiger partial charge on any atom is -0.491 e. The molecule has 0 heterocycles. The van der Waals surface area contributed by atoms with Gasteiger partial charge in [0.05, 0.1) is 17.9 Å². The van der Waals surface area contributed by atoms with E-state index in [0.717, 1.165) is 28.3 Å². The molecule has 0 radical (unpaired) electrons. The van der Waals surface area contributed by atoms with Crippen molar-refractivity contribution in [1.82, 2.24) is 0 Å². The highest BCUT2D eigenvalue weighted by molar-refractivity contribution is 6.10. The van der Waals surface area contributed by atoms with Crippen LogP contribution in [0.15, 0.2) is 76.9 Å². The van der Waals surface area contributed by atoms with Crippen LogP contribution in [0.1, 0.15) is 38.8 Å². The van der Waals surface area contributed by atoms with Gasteiger partial charge >= 0.3 is 0 Å². The first kappa shape index (κ1) is 22.2. The molecule has 2 aromatic rings. The van der Waals surface area contributed by atoms with Crippen LogP contribution in [0.2, 0.25) is 0 Å². The van der Waals surface area contributed by atoms with E-state index in [2.05, 4.69) is 9.98 Å². The predicted molar refractivity (Wildman–Crippen MR) is 124 cm³/mol. The Morgan fingerprint density at radius 1 is 0.828 bits per heavy atom. The number of benzene rings is 2. The minimum atomic E-state index is 0.163. The smallest absolute Gasteiger partial charge is 0.119 e. The first-order valence-electron chi connectivity index (χ1n) is 9.85. The lowest BCUT2D eigenvalue weighted by molar-refractivity contribution is 0.242. The topological polar surface area (TPSA) is 43.2 Å². The maximum atomic E-state index is 5.67. The van der Waals surface area contributed by atoms with Crippen LogP contribution < -0.4 is 9.47 Å². The monoisotopic (exact) mass is 390 g/mol. The number of allylic oxidation sites excluding steroid dienone is 2. The molecule has 4 heteroatoms. The molecule has 0 spiro atoms. The normalized spacial score (nSPS) is 12.7. The fourth-order valence-electron chi connectivity index (χ4n) is 2.57. The second kappa shape index (κ2) is 11.6.